The largest absolute Gasteiger partial charge is 0.508 e. The van der Waals surface area contributed by atoms with Gasteiger partial charge in [0, 0.05) is 24.7 Å². The molecule has 0 aliphatic rings. The summed E-state index contributed by atoms with van der Waals surface area (Å²) >= 11 is 1.64. The van der Waals surface area contributed by atoms with Gasteiger partial charge in [-0.05, 0) is 17.7 Å². The maximum Gasteiger partial charge on any atom is 0.115 e. The number of hydrogen-bond donors (Lipinski definition) is 2. The second kappa shape index (κ2) is 4.91. The lowest BCUT2D eigenvalue weighted by atomic mass is 10.2. The highest BCUT2D eigenvalue weighted by molar-refractivity contribution is 7.09. The maximum atomic E-state index is 9.26. The van der Waals surface area contributed by atoms with Crippen LogP contribution in [0.25, 0.3) is 0 Å². The summed E-state index contributed by atoms with van der Waals surface area (Å²) in [5, 5.41) is 15.6. The highest BCUT2D eigenvalue weighted by atomic mass is 32.1. The lowest BCUT2D eigenvalue weighted by Gasteiger charge is -2.03. The summed E-state index contributed by atoms with van der Waals surface area (Å²) in [4.78, 5) is 4.17. The summed E-state index contributed by atoms with van der Waals surface area (Å²) in [6, 6.07) is 7.25. The predicted octanol–water partition coefficient (Wildman–Crippen LogP) is 2.14. The molecule has 0 aliphatic heterocycles. The first-order chi connectivity index (χ1) is 7.34. The number of phenolic OH excluding ortho intramolecular Hbond substituents is 1. The third-order valence-electron chi connectivity index (χ3n) is 2.00. The molecule has 1 aromatic heterocycles. The van der Waals surface area contributed by atoms with Crippen molar-refractivity contribution in [1.29, 1.82) is 0 Å². The third-order valence-corrected chi connectivity index (χ3v) is 2.78. The van der Waals surface area contributed by atoms with Crippen molar-refractivity contribution >= 4 is 11.3 Å². The predicted molar refractivity (Wildman–Crippen MR) is 60.8 cm³/mol. The molecule has 0 fully saturated rings. The van der Waals surface area contributed by atoms with Gasteiger partial charge in [0.1, 0.15) is 10.8 Å². The first-order valence-electron chi connectivity index (χ1n) is 4.71. The molecular weight excluding hydrogens is 208 g/mol. The first-order valence-corrected chi connectivity index (χ1v) is 5.59. The van der Waals surface area contributed by atoms with Crippen LogP contribution in [0.4, 0.5) is 0 Å². The molecule has 0 spiro atoms. The van der Waals surface area contributed by atoms with Gasteiger partial charge in [-0.15, -0.1) is 11.3 Å². The lowest BCUT2D eigenvalue weighted by molar-refractivity contribution is 0.474. The molecule has 0 saturated heterocycles. The van der Waals surface area contributed by atoms with Crippen LogP contribution in [0.1, 0.15) is 10.6 Å². The number of aromatic nitrogens is 1. The Balaban J connectivity index is 1.83. The molecule has 1 aromatic carbocycles. The second-order valence-electron chi connectivity index (χ2n) is 3.20. The summed E-state index contributed by atoms with van der Waals surface area (Å²) in [7, 11) is 0. The maximum absolute atomic E-state index is 9.26. The van der Waals surface area contributed by atoms with Crippen LogP contribution >= 0.6 is 11.3 Å². The zero-order valence-electron chi connectivity index (χ0n) is 8.18. The molecule has 0 radical (unpaired) electrons. The van der Waals surface area contributed by atoms with Crippen LogP contribution in [-0.4, -0.2) is 10.1 Å². The van der Waals surface area contributed by atoms with E-state index in [2.05, 4.69) is 10.3 Å². The molecule has 0 unspecified atom stereocenters. The molecule has 2 rings (SSSR count). The monoisotopic (exact) mass is 220 g/mol. The van der Waals surface area contributed by atoms with Gasteiger partial charge in [0.2, 0.25) is 0 Å². The van der Waals surface area contributed by atoms with Gasteiger partial charge in [-0.3, -0.25) is 0 Å². The van der Waals surface area contributed by atoms with Crippen LogP contribution in [0.5, 0.6) is 5.75 Å². The van der Waals surface area contributed by atoms with Crippen LogP contribution in [-0.2, 0) is 13.1 Å². The Morgan fingerprint density at radius 2 is 2.27 bits per heavy atom. The van der Waals surface area contributed by atoms with Crippen LogP contribution in [0.15, 0.2) is 35.8 Å². The van der Waals surface area contributed by atoms with E-state index in [9.17, 15) is 5.11 Å². The minimum Gasteiger partial charge on any atom is -0.508 e. The number of nitrogens with zero attached hydrogens (tertiary/aromatic N) is 1. The third kappa shape index (κ3) is 3.04. The normalized spacial score (nSPS) is 10.4. The minimum absolute atomic E-state index is 0.309. The van der Waals surface area contributed by atoms with Crippen molar-refractivity contribution in [2.75, 3.05) is 0 Å². The smallest absolute Gasteiger partial charge is 0.115 e. The fourth-order valence-electron chi connectivity index (χ4n) is 1.32. The molecule has 78 valence electrons. The molecule has 0 atom stereocenters. The molecule has 0 amide bonds. The van der Waals surface area contributed by atoms with Crippen molar-refractivity contribution in [3.05, 3.63) is 46.4 Å². The van der Waals surface area contributed by atoms with Gasteiger partial charge in [-0.1, -0.05) is 12.1 Å². The second-order valence-corrected chi connectivity index (χ2v) is 4.18. The van der Waals surface area contributed by atoms with Gasteiger partial charge in [0.25, 0.3) is 0 Å². The van der Waals surface area contributed by atoms with E-state index >= 15 is 0 Å². The van der Waals surface area contributed by atoms with E-state index in [0.29, 0.717) is 5.75 Å². The Hall–Kier alpha value is -1.39. The van der Waals surface area contributed by atoms with E-state index in [1.807, 2.05) is 17.5 Å². The molecule has 0 bridgehead atoms. The summed E-state index contributed by atoms with van der Waals surface area (Å²) < 4.78 is 0. The zero-order chi connectivity index (χ0) is 10.5. The van der Waals surface area contributed by atoms with E-state index in [1.54, 1.807) is 29.7 Å². The standard InChI is InChI=1S/C11H12N2OS/c14-10-3-1-2-9(6-10)7-12-8-11-13-4-5-15-11/h1-6,12,14H,7-8H2. The zero-order valence-corrected chi connectivity index (χ0v) is 9.00. The van der Waals surface area contributed by atoms with E-state index in [0.717, 1.165) is 23.7 Å². The van der Waals surface area contributed by atoms with Crippen molar-refractivity contribution in [1.82, 2.24) is 10.3 Å². The van der Waals surface area contributed by atoms with Crippen LogP contribution in [0, 0.1) is 0 Å². The van der Waals surface area contributed by atoms with Crippen molar-refractivity contribution in [2.45, 2.75) is 13.1 Å². The highest BCUT2D eigenvalue weighted by Gasteiger charge is 1.96. The van der Waals surface area contributed by atoms with Gasteiger partial charge in [0.05, 0.1) is 0 Å². The van der Waals surface area contributed by atoms with Crippen LogP contribution < -0.4 is 5.32 Å². The van der Waals surface area contributed by atoms with Crippen molar-refractivity contribution in [3.8, 4) is 5.75 Å². The summed E-state index contributed by atoms with van der Waals surface area (Å²) in [5.41, 5.74) is 1.08. The Morgan fingerprint density at radius 3 is 3.00 bits per heavy atom. The fourth-order valence-corrected chi connectivity index (χ4v) is 1.91. The Labute approximate surface area is 92.4 Å². The van der Waals surface area contributed by atoms with Gasteiger partial charge >= 0.3 is 0 Å². The SMILES string of the molecule is Oc1cccc(CNCc2nccs2)c1. The molecule has 1 heterocycles. The lowest BCUT2D eigenvalue weighted by Crippen LogP contribution is -2.12. The van der Waals surface area contributed by atoms with Gasteiger partial charge in [0.15, 0.2) is 0 Å². The summed E-state index contributed by atoms with van der Waals surface area (Å²) in [6.45, 7) is 1.52. The quantitative estimate of drug-likeness (QED) is 0.829. The van der Waals surface area contributed by atoms with E-state index in [4.69, 9.17) is 0 Å². The molecule has 0 saturated carbocycles. The molecule has 3 nitrogen and oxygen atoms in total. The number of benzene rings is 1. The number of phenols is 1. The molecule has 15 heavy (non-hydrogen) atoms. The van der Waals surface area contributed by atoms with Crippen LogP contribution in [0.3, 0.4) is 0 Å². The molecule has 2 aromatic rings. The summed E-state index contributed by atoms with van der Waals surface area (Å²) in [5.74, 6) is 0.309. The summed E-state index contributed by atoms with van der Waals surface area (Å²) in [6.07, 6.45) is 1.80. The minimum atomic E-state index is 0.309. The van der Waals surface area contributed by atoms with E-state index in [-0.39, 0.29) is 0 Å². The first kappa shape index (κ1) is 10.1. The average Bonchev–Trinajstić information content (AvgIpc) is 2.71. The number of rotatable bonds is 4. The van der Waals surface area contributed by atoms with Gasteiger partial charge in [-0.25, -0.2) is 4.98 Å². The number of aromatic hydroxyl groups is 1. The fraction of sp³-hybridized carbons (Fsp3) is 0.182. The van der Waals surface area contributed by atoms with E-state index < -0.39 is 0 Å². The molecular formula is C11H12N2OS. The Kier molecular flexibility index (Phi) is 3.32. The molecule has 2 N–H and O–H groups in total. The van der Waals surface area contributed by atoms with Crippen LogP contribution in [0.2, 0.25) is 0 Å². The number of hydrogen-bond acceptors (Lipinski definition) is 4. The van der Waals surface area contributed by atoms with Gasteiger partial charge < -0.3 is 10.4 Å². The topological polar surface area (TPSA) is 45.1 Å². The molecule has 0 aliphatic carbocycles. The highest BCUT2D eigenvalue weighted by Crippen LogP contribution is 2.10. The van der Waals surface area contributed by atoms with Crippen molar-refractivity contribution in [3.63, 3.8) is 0 Å². The average molecular weight is 220 g/mol. The van der Waals surface area contributed by atoms with Crippen molar-refractivity contribution in [2.24, 2.45) is 0 Å². The van der Waals surface area contributed by atoms with E-state index in [1.165, 1.54) is 0 Å². The number of nitrogens with one attached hydrogen (secondary N) is 1. The van der Waals surface area contributed by atoms with Gasteiger partial charge in [-0.2, -0.15) is 0 Å². The Morgan fingerprint density at radius 1 is 1.33 bits per heavy atom. The Bertz CT molecular complexity index is 414. The van der Waals surface area contributed by atoms with Crippen molar-refractivity contribution < 1.29 is 5.11 Å². The molecule has 4 heteroatoms. The number of thiazole rings is 1.